The fourth-order valence-electron chi connectivity index (χ4n) is 5.81. The number of esters is 1. The van der Waals surface area contributed by atoms with Crippen molar-refractivity contribution in [3.05, 3.63) is 40.4 Å². The van der Waals surface area contributed by atoms with Gasteiger partial charge in [-0.25, -0.2) is 4.98 Å². The van der Waals surface area contributed by atoms with E-state index in [0.717, 1.165) is 46.5 Å². The smallest absolute Gasteiger partial charge is 0.306 e. The molecule has 1 aliphatic carbocycles. The number of carbonyl (C=O) groups is 2. The lowest BCUT2D eigenvalue weighted by Gasteiger charge is -2.44. The fourth-order valence-corrected chi connectivity index (χ4v) is 6.62. The summed E-state index contributed by atoms with van der Waals surface area (Å²) in [6, 6.07) is 6.20. The monoisotopic (exact) mass is 467 g/mol. The highest BCUT2D eigenvalue weighted by molar-refractivity contribution is 7.18. The van der Waals surface area contributed by atoms with Crippen LogP contribution in [-0.2, 0) is 14.3 Å². The Morgan fingerprint density at radius 1 is 1.15 bits per heavy atom. The number of nitrogens with zero attached hydrogens (tertiary/aromatic N) is 1. The van der Waals surface area contributed by atoms with Crippen molar-refractivity contribution >= 4 is 33.3 Å². The van der Waals surface area contributed by atoms with Crippen LogP contribution in [0.15, 0.2) is 29.8 Å². The Balaban J connectivity index is 1.60. The molecule has 0 saturated heterocycles. The average Bonchev–Trinajstić information content (AvgIpc) is 3.16. The van der Waals surface area contributed by atoms with E-state index in [1.54, 1.807) is 11.3 Å². The molecule has 2 bridgehead atoms. The minimum atomic E-state index is -0.433. The molecule has 0 amide bonds. The predicted molar refractivity (Wildman–Crippen MR) is 134 cm³/mol. The first kappa shape index (κ1) is 24.1. The zero-order chi connectivity index (χ0) is 23.8. The van der Waals surface area contributed by atoms with Gasteiger partial charge in [-0.05, 0) is 75.5 Å². The van der Waals surface area contributed by atoms with Crippen LogP contribution in [0.2, 0.25) is 0 Å². The van der Waals surface area contributed by atoms with Gasteiger partial charge in [0.15, 0.2) is 0 Å². The van der Waals surface area contributed by atoms with Gasteiger partial charge in [0.25, 0.3) is 0 Å². The van der Waals surface area contributed by atoms with Crippen LogP contribution >= 0.6 is 11.3 Å². The molecule has 178 valence electrons. The quantitative estimate of drug-likeness (QED) is 0.325. The molecule has 4 rings (SSSR count). The largest absolute Gasteiger partial charge is 0.457 e. The van der Waals surface area contributed by atoms with Crippen LogP contribution in [0.25, 0.3) is 10.2 Å². The summed E-state index contributed by atoms with van der Waals surface area (Å²) in [7, 11) is 0. The maximum Gasteiger partial charge on any atom is 0.306 e. The van der Waals surface area contributed by atoms with Crippen molar-refractivity contribution in [3.63, 3.8) is 0 Å². The Morgan fingerprint density at radius 2 is 1.94 bits per heavy atom. The highest BCUT2D eigenvalue weighted by Gasteiger charge is 2.46. The Kier molecular flexibility index (Phi) is 7.09. The highest BCUT2D eigenvalue weighted by atomic mass is 32.1. The summed E-state index contributed by atoms with van der Waals surface area (Å²) < 4.78 is 7.18. The third kappa shape index (κ3) is 5.24. The fraction of sp³-hybridized carbons (Fsp3) is 0.607. The van der Waals surface area contributed by atoms with Gasteiger partial charge in [0.2, 0.25) is 0 Å². The lowest BCUT2D eigenvalue weighted by atomic mass is 9.59. The Labute approximate surface area is 201 Å². The van der Waals surface area contributed by atoms with Gasteiger partial charge >= 0.3 is 5.97 Å². The molecule has 5 atom stereocenters. The van der Waals surface area contributed by atoms with E-state index >= 15 is 0 Å². The molecule has 4 nitrogen and oxygen atoms in total. The van der Waals surface area contributed by atoms with Gasteiger partial charge in [-0.3, -0.25) is 9.59 Å². The van der Waals surface area contributed by atoms with E-state index in [4.69, 9.17) is 4.74 Å². The first-order chi connectivity index (χ1) is 15.7. The van der Waals surface area contributed by atoms with Crippen LogP contribution in [0.5, 0.6) is 0 Å². The van der Waals surface area contributed by atoms with Crippen LogP contribution in [0.4, 0.5) is 0 Å². The number of aromatic nitrogens is 1. The Morgan fingerprint density at radius 3 is 2.73 bits per heavy atom. The number of carbonyl (C=O) groups excluding carboxylic acids is 2. The number of aryl methyl sites for hydroxylation is 1. The molecule has 1 fully saturated rings. The van der Waals surface area contributed by atoms with Gasteiger partial charge in [-0.1, -0.05) is 38.5 Å². The van der Waals surface area contributed by atoms with Crippen molar-refractivity contribution < 1.29 is 14.3 Å². The zero-order valence-electron chi connectivity index (χ0n) is 20.6. The first-order valence-electron chi connectivity index (χ1n) is 12.4. The van der Waals surface area contributed by atoms with Crippen LogP contribution in [0, 0.1) is 30.1 Å². The van der Waals surface area contributed by atoms with Crippen molar-refractivity contribution in [2.24, 2.45) is 23.2 Å². The average molecular weight is 468 g/mol. The van der Waals surface area contributed by atoms with Crippen molar-refractivity contribution in [2.75, 3.05) is 0 Å². The summed E-state index contributed by atoms with van der Waals surface area (Å²) in [6.45, 7) is 10.6. The standard InChI is InChI=1S/C28H37NO3S/c1-17-7-6-8-22-16-28(5,27(31)19(3)18(22)2)14-13-26(30)32-24(11-9-17)21-10-12-25-23(15-21)29-20(4)33-25/h9-10,12,15,18-19,22,24H,6-8,11,13-14,16H2,1-5H3/b17-9-/t18?,19-,22-,24?,28?/m1/s1. The van der Waals surface area contributed by atoms with E-state index in [2.05, 4.69) is 57.0 Å². The van der Waals surface area contributed by atoms with Crippen LogP contribution < -0.4 is 0 Å². The van der Waals surface area contributed by atoms with Gasteiger partial charge in [-0.2, -0.15) is 0 Å². The predicted octanol–water partition coefficient (Wildman–Crippen LogP) is 7.36. The maximum absolute atomic E-state index is 13.2. The minimum Gasteiger partial charge on any atom is -0.457 e. The molecule has 0 spiro atoms. The van der Waals surface area contributed by atoms with E-state index in [0.29, 0.717) is 30.5 Å². The number of cyclic esters (lactones) is 1. The van der Waals surface area contributed by atoms with Crippen molar-refractivity contribution in [1.29, 1.82) is 0 Å². The van der Waals surface area contributed by atoms with Crippen molar-refractivity contribution in [2.45, 2.75) is 85.7 Å². The first-order valence-corrected chi connectivity index (χ1v) is 13.2. The highest BCUT2D eigenvalue weighted by Crippen LogP contribution is 2.47. The van der Waals surface area contributed by atoms with Crippen LogP contribution in [0.3, 0.4) is 0 Å². The van der Waals surface area contributed by atoms with E-state index in [1.165, 1.54) is 5.57 Å². The van der Waals surface area contributed by atoms with E-state index in [9.17, 15) is 9.59 Å². The zero-order valence-corrected chi connectivity index (χ0v) is 21.5. The van der Waals surface area contributed by atoms with Crippen molar-refractivity contribution in [1.82, 2.24) is 4.98 Å². The normalized spacial score (nSPS) is 33.8. The number of rotatable bonds is 1. The number of ether oxygens (including phenoxy) is 1. The van der Waals surface area contributed by atoms with Gasteiger partial charge in [0, 0.05) is 24.2 Å². The molecule has 2 aliphatic rings. The molecule has 0 radical (unpaired) electrons. The Hall–Kier alpha value is -2.01. The number of thiazole rings is 1. The van der Waals surface area contributed by atoms with Gasteiger partial charge in [0.05, 0.1) is 15.2 Å². The number of ketones is 1. The molecule has 0 N–H and O–H groups in total. The number of benzene rings is 1. The van der Waals surface area contributed by atoms with Crippen molar-refractivity contribution in [3.8, 4) is 0 Å². The third-order valence-corrected chi connectivity index (χ3v) is 9.08. The summed E-state index contributed by atoms with van der Waals surface area (Å²) in [5.74, 6) is 1.10. The Bertz CT molecular complexity index is 1070. The number of fused-ring (bicyclic) bond motifs is 3. The van der Waals surface area contributed by atoms with Crippen LogP contribution in [-0.4, -0.2) is 16.7 Å². The molecule has 1 saturated carbocycles. The third-order valence-electron chi connectivity index (χ3n) is 8.12. The second-order valence-corrected chi connectivity index (χ2v) is 11.9. The molecular formula is C28H37NO3S. The second kappa shape index (κ2) is 9.69. The van der Waals surface area contributed by atoms with Gasteiger partial charge < -0.3 is 4.74 Å². The van der Waals surface area contributed by atoms with Gasteiger partial charge in [0.1, 0.15) is 11.9 Å². The summed E-state index contributed by atoms with van der Waals surface area (Å²) in [5.41, 5.74) is 2.85. The molecule has 1 aromatic heterocycles. The van der Waals surface area contributed by atoms with Gasteiger partial charge in [-0.15, -0.1) is 11.3 Å². The SMILES string of the molecule is C/C1=C/CC(c2ccc3sc(C)nc3c2)OC(=O)CCC2(C)C[C@@H](CCC1)C(C)[C@@H](C)C2=O. The molecule has 33 heavy (non-hydrogen) atoms. The lowest BCUT2D eigenvalue weighted by molar-refractivity contribution is -0.151. The second-order valence-electron chi connectivity index (χ2n) is 10.7. The number of allylic oxidation sites excluding steroid dienone is 1. The van der Waals surface area contributed by atoms with E-state index in [1.807, 2.05) is 6.92 Å². The number of hydrogen-bond donors (Lipinski definition) is 0. The van der Waals surface area contributed by atoms with E-state index < -0.39 is 5.41 Å². The van der Waals surface area contributed by atoms with E-state index in [-0.39, 0.29) is 24.4 Å². The summed E-state index contributed by atoms with van der Waals surface area (Å²) in [4.78, 5) is 30.8. The molecule has 3 unspecified atom stereocenters. The molecule has 5 heteroatoms. The van der Waals surface area contributed by atoms with Crippen LogP contribution in [0.1, 0.15) is 89.3 Å². The molecule has 2 aromatic rings. The number of hydrogen-bond acceptors (Lipinski definition) is 5. The molecule has 1 aliphatic heterocycles. The summed E-state index contributed by atoms with van der Waals surface area (Å²) in [5, 5.41) is 1.04. The molecular weight excluding hydrogens is 430 g/mol. The maximum atomic E-state index is 13.2. The summed E-state index contributed by atoms with van der Waals surface area (Å²) in [6.07, 6.45) is 7.65. The minimum absolute atomic E-state index is 0.0513. The number of Topliss-reactive ketones (excluding diaryl/α,β-unsaturated/α-hetero) is 1. The molecule has 1 aromatic carbocycles. The summed E-state index contributed by atoms with van der Waals surface area (Å²) >= 11 is 1.68. The topological polar surface area (TPSA) is 56.3 Å². The molecule has 2 heterocycles. The lowest BCUT2D eigenvalue weighted by Crippen LogP contribution is -2.45.